The van der Waals surface area contributed by atoms with E-state index in [2.05, 4.69) is 20.8 Å². The van der Waals surface area contributed by atoms with E-state index in [-0.39, 0.29) is 18.2 Å². The van der Waals surface area contributed by atoms with E-state index in [9.17, 15) is 5.11 Å². The van der Waals surface area contributed by atoms with Gasteiger partial charge in [0, 0.05) is 5.54 Å². The van der Waals surface area contributed by atoms with Crippen molar-refractivity contribution in [1.82, 2.24) is 0 Å². The Balaban J connectivity index is 3.90. The molecular formula is C38H79NO2. The topological polar surface area (TPSA) is 55.5 Å². The van der Waals surface area contributed by atoms with Crippen molar-refractivity contribution < 1.29 is 9.84 Å². The van der Waals surface area contributed by atoms with Crippen LogP contribution < -0.4 is 5.73 Å². The lowest BCUT2D eigenvalue weighted by atomic mass is 9.82. The molecule has 248 valence electrons. The van der Waals surface area contributed by atoms with E-state index in [1.807, 2.05) is 0 Å². The van der Waals surface area contributed by atoms with Crippen molar-refractivity contribution in [2.24, 2.45) is 5.73 Å². The molecule has 0 amide bonds. The standard InChI is InChI=1S/C38H79NO2/c1-4-7-9-11-13-15-17-19-21-23-25-27-29-31-33-37(41-36-35-40)38(39,6-3)34-32-30-28-26-24-22-20-18-16-14-12-10-8-5-2/h37,40H,4-36,39H2,1-3H3. The van der Waals surface area contributed by atoms with Crippen molar-refractivity contribution in [3.8, 4) is 0 Å². The fourth-order valence-corrected chi connectivity index (χ4v) is 6.47. The van der Waals surface area contributed by atoms with Gasteiger partial charge in [0.1, 0.15) is 0 Å². The largest absolute Gasteiger partial charge is 0.394 e. The molecule has 0 heterocycles. The second kappa shape index (κ2) is 32.8. The Bertz CT molecular complexity index is 485. The lowest BCUT2D eigenvalue weighted by Gasteiger charge is -2.37. The molecule has 2 unspecified atom stereocenters. The molecule has 0 aliphatic heterocycles. The molecule has 0 aliphatic rings. The van der Waals surface area contributed by atoms with Gasteiger partial charge in [-0.25, -0.2) is 0 Å². The molecule has 0 radical (unpaired) electrons. The molecule has 2 atom stereocenters. The Morgan fingerprint density at radius 2 is 0.805 bits per heavy atom. The maximum absolute atomic E-state index is 9.39. The molecule has 0 spiro atoms. The second-order valence-corrected chi connectivity index (χ2v) is 13.4. The average molecular weight is 582 g/mol. The number of aliphatic hydroxyl groups is 1. The molecule has 0 fully saturated rings. The summed E-state index contributed by atoms with van der Waals surface area (Å²) in [4.78, 5) is 0. The number of nitrogens with two attached hydrogens (primary N) is 1. The Kier molecular flexibility index (Phi) is 32.7. The Morgan fingerprint density at radius 1 is 0.488 bits per heavy atom. The monoisotopic (exact) mass is 582 g/mol. The van der Waals surface area contributed by atoms with Gasteiger partial charge < -0.3 is 15.6 Å². The molecule has 0 rings (SSSR count). The van der Waals surface area contributed by atoms with E-state index in [0.717, 1.165) is 19.3 Å². The van der Waals surface area contributed by atoms with Gasteiger partial charge in [-0.3, -0.25) is 0 Å². The minimum Gasteiger partial charge on any atom is -0.394 e. The van der Waals surface area contributed by atoms with Crippen LogP contribution in [0.25, 0.3) is 0 Å². The molecule has 0 aromatic carbocycles. The maximum Gasteiger partial charge on any atom is 0.0755 e. The van der Waals surface area contributed by atoms with Crippen LogP contribution in [-0.2, 0) is 4.74 Å². The third-order valence-electron chi connectivity index (χ3n) is 9.53. The van der Waals surface area contributed by atoms with E-state index < -0.39 is 0 Å². The summed E-state index contributed by atoms with van der Waals surface area (Å²) in [6.45, 7) is 7.32. The second-order valence-electron chi connectivity index (χ2n) is 13.4. The van der Waals surface area contributed by atoms with E-state index in [1.54, 1.807) is 0 Å². The highest BCUT2D eigenvalue weighted by molar-refractivity contribution is 4.91. The number of rotatable bonds is 35. The molecular weight excluding hydrogens is 502 g/mol. The SMILES string of the molecule is CCCCCCCCCCCCCCCCC(OCCO)C(N)(CC)CCCCCCCCCCCCCCCC. The van der Waals surface area contributed by atoms with Crippen molar-refractivity contribution in [3.63, 3.8) is 0 Å². The first-order valence-electron chi connectivity index (χ1n) is 19.2. The Hall–Kier alpha value is -0.120. The molecule has 0 bridgehead atoms. The van der Waals surface area contributed by atoms with Gasteiger partial charge >= 0.3 is 0 Å². The van der Waals surface area contributed by atoms with Crippen LogP contribution in [0.3, 0.4) is 0 Å². The summed E-state index contributed by atoms with van der Waals surface area (Å²) in [5.41, 5.74) is 6.73. The minimum absolute atomic E-state index is 0.0824. The zero-order valence-corrected chi connectivity index (χ0v) is 28.8. The molecule has 3 nitrogen and oxygen atoms in total. The van der Waals surface area contributed by atoms with Gasteiger partial charge in [-0.05, 0) is 19.3 Å². The van der Waals surface area contributed by atoms with E-state index in [4.69, 9.17) is 10.5 Å². The van der Waals surface area contributed by atoms with Crippen LogP contribution in [0.4, 0.5) is 0 Å². The average Bonchev–Trinajstić information content (AvgIpc) is 2.98. The van der Waals surface area contributed by atoms with E-state index >= 15 is 0 Å². The third kappa shape index (κ3) is 27.2. The highest BCUT2D eigenvalue weighted by atomic mass is 16.5. The summed E-state index contributed by atoms with van der Waals surface area (Å²) in [5.74, 6) is 0. The van der Waals surface area contributed by atoms with Gasteiger partial charge in [0.15, 0.2) is 0 Å². The van der Waals surface area contributed by atoms with Gasteiger partial charge in [0.2, 0.25) is 0 Å². The first-order valence-corrected chi connectivity index (χ1v) is 19.2. The normalized spacial score (nSPS) is 14.0. The van der Waals surface area contributed by atoms with Gasteiger partial charge in [-0.15, -0.1) is 0 Å². The van der Waals surface area contributed by atoms with Gasteiger partial charge in [0.25, 0.3) is 0 Å². The Morgan fingerprint density at radius 3 is 1.12 bits per heavy atom. The van der Waals surface area contributed by atoms with Crippen molar-refractivity contribution in [1.29, 1.82) is 0 Å². The molecule has 0 saturated carbocycles. The third-order valence-corrected chi connectivity index (χ3v) is 9.53. The minimum atomic E-state index is -0.247. The van der Waals surface area contributed by atoms with Crippen molar-refractivity contribution >= 4 is 0 Å². The van der Waals surface area contributed by atoms with Gasteiger partial charge in [0.05, 0.1) is 19.3 Å². The van der Waals surface area contributed by atoms with Crippen LogP contribution in [0.1, 0.15) is 220 Å². The lowest BCUT2D eigenvalue weighted by Crippen LogP contribution is -2.52. The Labute approximate surface area is 259 Å². The van der Waals surface area contributed by atoms with E-state index in [0.29, 0.717) is 6.61 Å². The lowest BCUT2D eigenvalue weighted by molar-refractivity contribution is -0.0276. The number of hydrogen-bond acceptors (Lipinski definition) is 3. The molecule has 0 saturated heterocycles. The van der Waals surface area contributed by atoms with Crippen LogP contribution in [0, 0.1) is 0 Å². The number of ether oxygens (including phenoxy) is 1. The zero-order chi connectivity index (χ0) is 30.1. The smallest absolute Gasteiger partial charge is 0.0755 e. The fourth-order valence-electron chi connectivity index (χ4n) is 6.47. The fraction of sp³-hybridized carbons (Fsp3) is 1.00. The highest BCUT2D eigenvalue weighted by Gasteiger charge is 2.33. The molecule has 0 aromatic heterocycles. The molecule has 3 N–H and O–H groups in total. The number of unbranched alkanes of at least 4 members (excludes halogenated alkanes) is 26. The summed E-state index contributed by atoms with van der Waals surface area (Å²) < 4.78 is 6.16. The first kappa shape index (κ1) is 40.9. The summed E-state index contributed by atoms with van der Waals surface area (Å²) in [7, 11) is 0. The molecule has 3 heteroatoms. The van der Waals surface area contributed by atoms with Crippen molar-refractivity contribution in [3.05, 3.63) is 0 Å². The summed E-state index contributed by atoms with van der Waals surface area (Å²) >= 11 is 0. The van der Waals surface area contributed by atoms with Crippen molar-refractivity contribution in [2.75, 3.05) is 13.2 Å². The molecule has 0 aliphatic carbocycles. The summed E-state index contributed by atoms with van der Waals surface area (Å²) in [5, 5.41) is 9.39. The quantitative estimate of drug-likeness (QED) is 0.0732. The predicted octanol–water partition coefficient (Wildman–Crippen LogP) is 12.2. The van der Waals surface area contributed by atoms with Gasteiger partial charge in [-0.1, -0.05) is 201 Å². The molecule has 41 heavy (non-hydrogen) atoms. The van der Waals surface area contributed by atoms with Crippen LogP contribution in [-0.4, -0.2) is 30.0 Å². The zero-order valence-electron chi connectivity index (χ0n) is 28.8. The maximum atomic E-state index is 9.39. The van der Waals surface area contributed by atoms with Crippen LogP contribution >= 0.6 is 0 Å². The van der Waals surface area contributed by atoms with Gasteiger partial charge in [-0.2, -0.15) is 0 Å². The number of aliphatic hydroxyl groups excluding tert-OH is 1. The van der Waals surface area contributed by atoms with E-state index in [1.165, 1.54) is 180 Å². The van der Waals surface area contributed by atoms with Crippen LogP contribution in [0.15, 0.2) is 0 Å². The van der Waals surface area contributed by atoms with Crippen LogP contribution in [0.2, 0.25) is 0 Å². The number of hydrogen-bond donors (Lipinski definition) is 2. The van der Waals surface area contributed by atoms with Crippen molar-refractivity contribution in [2.45, 2.75) is 231 Å². The first-order chi connectivity index (χ1) is 20.1. The summed E-state index contributed by atoms with van der Waals surface area (Å²) in [6.07, 6.45) is 42.0. The molecule has 0 aromatic rings. The van der Waals surface area contributed by atoms with Crippen LogP contribution in [0.5, 0.6) is 0 Å². The summed E-state index contributed by atoms with van der Waals surface area (Å²) in [6, 6.07) is 0. The highest BCUT2D eigenvalue weighted by Crippen LogP contribution is 2.27. The predicted molar refractivity (Wildman–Crippen MR) is 184 cm³/mol.